The summed E-state index contributed by atoms with van der Waals surface area (Å²) in [5.41, 5.74) is 4.40. The van der Waals surface area contributed by atoms with Gasteiger partial charge in [-0.05, 0) is 5.41 Å². The molecule has 6 nitrogen and oxygen atoms in total. The van der Waals surface area contributed by atoms with E-state index in [1.807, 2.05) is 0 Å². The van der Waals surface area contributed by atoms with Gasteiger partial charge in [0, 0.05) is 12.2 Å². The van der Waals surface area contributed by atoms with Crippen LogP contribution in [-0.2, 0) is 14.4 Å². The molecular weight excluding hydrogens is 256 g/mol. The predicted octanol–water partition coefficient (Wildman–Crippen LogP) is 0.211. The van der Waals surface area contributed by atoms with E-state index in [0.29, 0.717) is 5.75 Å². The van der Waals surface area contributed by atoms with Crippen LogP contribution < -0.4 is 11.1 Å². The topological polar surface area (TPSA) is 109 Å². The fourth-order valence-electron chi connectivity index (χ4n) is 1.22. The first-order valence-electron chi connectivity index (χ1n) is 5.53. The fourth-order valence-corrected chi connectivity index (χ4v) is 1.89. The maximum Gasteiger partial charge on any atom is 0.326 e. The number of hydrogen-bond donors (Lipinski definition) is 3. The molecule has 4 N–H and O–H groups in total. The van der Waals surface area contributed by atoms with E-state index in [0.717, 1.165) is 0 Å². The third-order valence-corrected chi connectivity index (χ3v) is 3.12. The van der Waals surface area contributed by atoms with Crippen LogP contribution in [0.25, 0.3) is 0 Å². The molecule has 0 spiro atoms. The van der Waals surface area contributed by atoms with Gasteiger partial charge < -0.3 is 16.2 Å². The van der Waals surface area contributed by atoms with Gasteiger partial charge in [-0.3, -0.25) is 9.59 Å². The number of amides is 2. The summed E-state index contributed by atoms with van der Waals surface area (Å²) in [6, 6.07) is -0.925. The van der Waals surface area contributed by atoms with Crippen molar-refractivity contribution in [2.45, 2.75) is 33.2 Å². The van der Waals surface area contributed by atoms with Crippen molar-refractivity contribution in [1.82, 2.24) is 5.32 Å². The van der Waals surface area contributed by atoms with E-state index in [9.17, 15) is 14.4 Å². The van der Waals surface area contributed by atoms with Crippen molar-refractivity contribution >= 4 is 29.5 Å². The number of carboxylic acid groups (broad SMARTS) is 1. The minimum atomic E-state index is -1.05. The molecule has 0 aromatic carbocycles. The van der Waals surface area contributed by atoms with Crippen LogP contribution in [0.2, 0.25) is 0 Å². The molecule has 104 valence electrons. The smallest absolute Gasteiger partial charge is 0.326 e. The Bertz CT molecular complexity index is 325. The lowest BCUT2D eigenvalue weighted by atomic mass is 9.87. The Balaban J connectivity index is 4.12. The molecule has 7 heteroatoms. The number of hydrogen-bond acceptors (Lipinski definition) is 4. The molecule has 2 amide bonds. The Morgan fingerprint density at radius 3 is 2.28 bits per heavy atom. The van der Waals surface area contributed by atoms with Gasteiger partial charge >= 0.3 is 5.97 Å². The summed E-state index contributed by atoms with van der Waals surface area (Å²) in [7, 11) is 0. The monoisotopic (exact) mass is 276 g/mol. The zero-order valence-electron chi connectivity index (χ0n) is 10.9. The minimum absolute atomic E-state index is 0.162. The van der Waals surface area contributed by atoms with E-state index in [1.165, 1.54) is 11.8 Å². The van der Waals surface area contributed by atoms with Crippen molar-refractivity contribution in [2.24, 2.45) is 11.1 Å². The van der Waals surface area contributed by atoms with E-state index < -0.39 is 23.3 Å². The third-order valence-electron chi connectivity index (χ3n) is 2.14. The number of carboxylic acids is 1. The first kappa shape index (κ1) is 16.8. The van der Waals surface area contributed by atoms with Crippen LogP contribution in [0.15, 0.2) is 0 Å². The summed E-state index contributed by atoms with van der Waals surface area (Å²) in [6.07, 6.45) is 0.164. The molecule has 0 aliphatic carbocycles. The average Bonchev–Trinajstić information content (AvgIpc) is 2.18. The van der Waals surface area contributed by atoms with E-state index in [-0.39, 0.29) is 18.1 Å². The van der Waals surface area contributed by atoms with Crippen molar-refractivity contribution in [3.8, 4) is 0 Å². The van der Waals surface area contributed by atoms with Crippen LogP contribution >= 0.6 is 11.8 Å². The SMILES string of the molecule is CC(C)(C)[C@H](NC(=O)CCSCC(N)=O)C(=O)O. The molecular formula is C11H20N2O4S. The number of aliphatic carboxylic acids is 1. The summed E-state index contributed by atoms with van der Waals surface area (Å²) in [5, 5.41) is 11.5. The third kappa shape index (κ3) is 7.16. The van der Waals surface area contributed by atoms with Crippen LogP contribution in [0.1, 0.15) is 27.2 Å². The molecule has 0 aromatic heterocycles. The van der Waals surface area contributed by atoms with Crippen LogP contribution in [0.3, 0.4) is 0 Å². The van der Waals surface area contributed by atoms with Gasteiger partial charge in [0.1, 0.15) is 6.04 Å². The highest BCUT2D eigenvalue weighted by atomic mass is 32.2. The quantitative estimate of drug-likeness (QED) is 0.576. The summed E-state index contributed by atoms with van der Waals surface area (Å²) in [4.78, 5) is 33.0. The number of carbonyl (C=O) groups is 3. The molecule has 0 aromatic rings. The lowest BCUT2D eigenvalue weighted by Gasteiger charge is -2.27. The number of carbonyl (C=O) groups excluding carboxylic acids is 2. The Labute approximate surface area is 111 Å². The van der Waals surface area contributed by atoms with Crippen molar-refractivity contribution in [1.29, 1.82) is 0 Å². The van der Waals surface area contributed by atoms with Gasteiger partial charge in [-0.25, -0.2) is 4.79 Å². The number of thioether (sulfide) groups is 1. The number of nitrogens with two attached hydrogens (primary N) is 1. The van der Waals surface area contributed by atoms with Gasteiger partial charge in [-0.15, -0.1) is 0 Å². The van der Waals surface area contributed by atoms with Crippen LogP contribution in [0.5, 0.6) is 0 Å². The molecule has 0 heterocycles. The number of primary amides is 1. The molecule has 0 saturated carbocycles. The molecule has 0 radical (unpaired) electrons. The lowest BCUT2D eigenvalue weighted by molar-refractivity contribution is -0.144. The molecule has 0 fully saturated rings. The molecule has 0 saturated heterocycles. The summed E-state index contributed by atoms with van der Waals surface area (Å²) in [5.74, 6) is -1.23. The van der Waals surface area contributed by atoms with Crippen LogP contribution in [0.4, 0.5) is 0 Å². The summed E-state index contributed by atoms with van der Waals surface area (Å²) < 4.78 is 0. The van der Waals surface area contributed by atoms with E-state index in [4.69, 9.17) is 10.8 Å². The van der Waals surface area contributed by atoms with Gasteiger partial charge in [0.05, 0.1) is 5.75 Å². The summed E-state index contributed by atoms with van der Waals surface area (Å²) >= 11 is 1.25. The number of rotatable bonds is 7. The van der Waals surface area contributed by atoms with E-state index in [2.05, 4.69) is 5.32 Å². The largest absolute Gasteiger partial charge is 0.480 e. The minimum Gasteiger partial charge on any atom is -0.480 e. The van der Waals surface area contributed by atoms with Gasteiger partial charge in [0.25, 0.3) is 0 Å². The van der Waals surface area contributed by atoms with Gasteiger partial charge in [0.15, 0.2) is 0 Å². The Morgan fingerprint density at radius 2 is 1.89 bits per heavy atom. The maximum atomic E-state index is 11.5. The molecule has 0 unspecified atom stereocenters. The number of nitrogens with one attached hydrogen (secondary N) is 1. The first-order chi connectivity index (χ1) is 8.14. The predicted molar refractivity (Wildman–Crippen MR) is 70.2 cm³/mol. The highest BCUT2D eigenvalue weighted by Crippen LogP contribution is 2.19. The Hall–Kier alpha value is -1.24. The fraction of sp³-hybridized carbons (Fsp3) is 0.727. The standard InChI is InChI=1S/C11H20N2O4S/c1-11(2,3)9(10(16)17)13-8(15)4-5-18-6-7(12)14/h9H,4-6H2,1-3H3,(H2,12,14)(H,13,15)(H,16,17)/t9-/m1/s1. The van der Waals surface area contributed by atoms with Gasteiger partial charge in [-0.1, -0.05) is 20.8 Å². The lowest BCUT2D eigenvalue weighted by Crippen LogP contribution is -2.49. The molecule has 0 bridgehead atoms. The normalized spacial score (nSPS) is 12.8. The zero-order valence-corrected chi connectivity index (χ0v) is 11.7. The highest BCUT2D eigenvalue weighted by molar-refractivity contribution is 7.99. The van der Waals surface area contributed by atoms with Gasteiger partial charge in [0.2, 0.25) is 11.8 Å². The van der Waals surface area contributed by atoms with Crippen molar-refractivity contribution in [3.63, 3.8) is 0 Å². The van der Waals surface area contributed by atoms with Crippen molar-refractivity contribution in [2.75, 3.05) is 11.5 Å². The van der Waals surface area contributed by atoms with E-state index >= 15 is 0 Å². The zero-order chi connectivity index (χ0) is 14.3. The average molecular weight is 276 g/mol. The second-order valence-corrected chi connectivity index (χ2v) is 6.08. The molecule has 1 atom stereocenters. The molecule has 18 heavy (non-hydrogen) atoms. The molecule has 0 rings (SSSR count). The maximum absolute atomic E-state index is 11.5. The Kier molecular flexibility index (Phi) is 6.75. The molecule has 0 aliphatic heterocycles. The van der Waals surface area contributed by atoms with Crippen LogP contribution in [-0.4, -0.2) is 40.4 Å². The van der Waals surface area contributed by atoms with Crippen LogP contribution in [0, 0.1) is 5.41 Å². The highest BCUT2D eigenvalue weighted by Gasteiger charge is 2.32. The Morgan fingerprint density at radius 1 is 1.33 bits per heavy atom. The second-order valence-electron chi connectivity index (χ2n) is 4.97. The van der Waals surface area contributed by atoms with Crippen molar-refractivity contribution < 1.29 is 19.5 Å². The van der Waals surface area contributed by atoms with Gasteiger partial charge in [-0.2, -0.15) is 11.8 Å². The van der Waals surface area contributed by atoms with Crippen molar-refractivity contribution in [3.05, 3.63) is 0 Å². The second kappa shape index (κ2) is 7.25. The first-order valence-corrected chi connectivity index (χ1v) is 6.68. The summed E-state index contributed by atoms with van der Waals surface area (Å²) in [6.45, 7) is 5.23. The molecule has 0 aliphatic rings. The van der Waals surface area contributed by atoms with E-state index in [1.54, 1.807) is 20.8 Å².